The van der Waals surface area contributed by atoms with Crippen LogP contribution in [0.1, 0.15) is 39.2 Å². The second-order valence-electron chi connectivity index (χ2n) is 7.58. The van der Waals surface area contributed by atoms with E-state index < -0.39 is 0 Å². The molecule has 0 aliphatic carbocycles. The molecule has 1 saturated heterocycles. The van der Waals surface area contributed by atoms with E-state index in [2.05, 4.69) is 22.1 Å². The van der Waals surface area contributed by atoms with Gasteiger partial charge in [-0.15, -0.1) is 11.3 Å². The molecular weight excluding hydrogens is 396 g/mol. The quantitative estimate of drug-likeness (QED) is 0.635. The third-order valence-electron chi connectivity index (χ3n) is 5.96. The minimum absolute atomic E-state index is 0.0800. The molecule has 30 heavy (non-hydrogen) atoms. The number of piperidine rings is 1. The summed E-state index contributed by atoms with van der Waals surface area (Å²) in [6.45, 7) is 1.90. The molecule has 1 fully saturated rings. The van der Waals surface area contributed by atoms with Crippen molar-refractivity contribution in [3.63, 3.8) is 0 Å². The van der Waals surface area contributed by atoms with Crippen LogP contribution in [0.3, 0.4) is 0 Å². The number of likely N-dealkylation sites (tertiary alicyclic amines) is 1. The van der Waals surface area contributed by atoms with E-state index in [1.807, 2.05) is 4.90 Å². The largest absolute Gasteiger partial charge is 0.370 e. The van der Waals surface area contributed by atoms with Crippen molar-refractivity contribution >= 4 is 17.2 Å². The number of rotatable bonds is 2. The Bertz CT molecular complexity index is 1130. The summed E-state index contributed by atoms with van der Waals surface area (Å²) in [5.74, 6) is -0.0800. The summed E-state index contributed by atoms with van der Waals surface area (Å²) in [6.07, 6.45) is 7.58. The highest BCUT2D eigenvalue weighted by Gasteiger charge is 2.43. The molecule has 0 N–H and O–H groups in total. The van der Waals surface area contributed by atoms with Gasteiger partial charge >= 0.3 is 0 Å². The van der Waals surface area contributed by atoms with Crippen molar-refractivity contribution in [2.45, 2.75) is 24.9 Å². The number of hydrogen-bond donors (Lipinski definition) is 0. The molecule has 0 radical (unpaired) electrons. The predicted octanol–water partition coefficient (Wildman–Crippen LogP) is 3.78. The molecular formula is C23H20N4O2S. The zero-order valence-corrected chi connectivity index (χ0v) is 17.2. The Morgan fingerprint density at radius 1 is 1.23 bits per heavy atom. The van der Waals surface area contributed by atoms with Gasteiger partial charge in [-0.1, -0.05) is 12.1 Å². The molecule has 1 amide bonds. The summed E-state index contributed by atoms with van der Waals surface area (Å²) < 4.78 is 6.34. The Morgan fingerprint density at radius 2 is 2.07 bits per heavy atom. The Labute approximate surface area is 178 Å². The van der Waals surface area contributed by atoms with E-state index in [-0.39, 0.29) is 11.5 Å². The fourth-order valence-electron chi connectivity index (χ4n) is 4.39. The van der Waals surface area contributed by atoms with E-state index >= 15 is 0 Å². The number of fused-ring (bicyclic) bond motifs is 2. The van der Waals surface area contributed by atoms with Gasteiger partial charge in [-0.25, -0.2) is 0 Å². The van der Waals surface area contributed by atoms with Gasteiger partial charge in [-0.05, 0) is 36.6 Å². The van der Waals surface area contributed by atoms with Crippen LogP contribution in [0.5, 0.6) is 0 Å². The van der Waals surface area contributed by atoms with Crippen LogP contribution in [-0.2, 0) is 16.8 Å². The summed E-state index contributed by atoms with van der Waals surface area (Å²) in [5, 5.41) is 9.32. The maximum absolute atomic E-state index is 13.0. The molecule has 0 atom stereocenters. The zero-order valence-electron chi connectivity index (χ0n) is 16.4. The van der Waals surface area contributed by atoms with Crippen molar-refractivity contribution in [2.24, 2.45) is 0 Å². The molecule has 4 heterocycles. The summed E-state index contributed by atoms with van der Waals surface area (Å²) >= 11 is 1.77. The first kappa shape index (κ1) is 18.9. The number of carbonyl (C=O) groups excluding carboxylic acids is 1. The minimum atomic E-state index is -0.351. The number of nitrogens with zero attached hydrogens (tertiary/aromatic N) is 4. The summed E-state index contributed by atoms with van der Waals surface area (Å²) in [7, 11) is 0. The van der Waals surface area contributed by atoms with Crippen molar-refractivity contribution in [1.29, 1.82) is 5.26 Å². The van der Waals surface area contributed by atoms with Crippen LogP contribution in [0.25, 0.3) is 10.6 Å². The number of ether oxygens (including phenoxy) is 1. The van der Waals surface area contributed by atoms with Gasteiger partial charge in [-0.3, -0.25) is 14.8 Å². The first-order valence-electron chi connectivity index (χ1n) is 10.0. The highest BCUT2D eigenvalue weighted by molar-refractivity contribution is 7.15. The third kappa shape index (κ3) is 3.18. The molecule has 0 bridgehead atoms. The average Bonchev–Trinajstić information content (AvgIpc) is 3.26. The third-order valence-corrected chi connectivity index (χ3v) is 7.18. The number of benzene rings is 1. The summed E-state index contributed by atoms with van der Waals surface area (Å²) in [5.41, 5.74) is 2.67. The number of hydrogen-bond acceptors (Lipinski definition) is 6. The lowest BCUT2D eigenvalue weighted by molar-refractivity contribution is -0.0926. The average molecular weight is 417 g/mol. The molecule has 7 heteroatoms. The molecule has 0 saturated carbocycles. The van der Waals surface area contributed by atoms with Gasteiger partial charge in [0.05, 0.1) is 46.2 Å². The Morgan fingerprint density at radius 3 is 2.83 bits per heavy atom. The molecule has 2 aromatic heterocycles. The van der Waals surface area contributed by atoms with Gasteiger partial charge < -0.3 is 9.64 Å². The lowest BCUT2D eigenvalue weighted by atomic mass is 9.82. The SMILES string of the molecule is N#Cc1ccccc1C(=O)N1CCC2(CC1)OCCc1sc(-c3cnccn3)cc12. The zero-order chi connectivity index (χ0) is 20.6. The Balaban J connectivity index is 1.39. The van der Waals surface area contributed by atoms with Crippen LogP contribution in [0.15, 0.2) is 48.9 Å². The fourth-order valence-corrected chi connectivity index (χ4v) is 5.58. The minimum Gasteiger partial charge on any atom is -0.370 e. The summed E-state index contributed by atoms with van der Waals surface area (Å²) in [6, 6.07) is 11.3. The first-order valence-corrected chi connectivity index (χ1v) is 10.8. The maximum atomic E-state index is 13.0. The highest BCUT2D eigenvalue weighted by Crippen LogP contribution is 2.46. The molecule has 0 unspecified atom stereocenters. The van der Waals surface area contributed by atoms with Gasteiger partial charge in [0, 0.05) is 36.8 Å². The van der Waals surface area contributed by atoms with Crippen molar-refractivity contribution in [2.75, 3.05) is 19.7 Å². The maximum Gasteiger partial charge on any atom is 0.255 e. The lowest BCUT2D eigenvalue weighted by Crippen LogP contribution is -2.48. The van der Waals surface area contributed by atoms with E-state index in [9.17, 15) is 10.1 Å². The predicted molar refractivity (Wildman–Crippen MR) is 113 cm³/mol. The number of aromatic nitrogens is 2. The van der Waals surface area contributed by atoms with Crippen LogP contribution in [0, 0.1) is 11.3 Å². The van der Waals surface area contributed by atoms with E-state index in [4.69, 9.17) is 4.74 Å². The second-order valence-corrected chi connectivity index (χ2v) is 8.72. The van der Waals surface area contributed by atoms with Gasteiger partial charge in [0.2, 0.25) is 0 Å². The van der Waals surface area contributed by atoms with Crippen LogP contribution in [-0.4, -0.2) is 40.5 Å². The molecule has 150 valence electrons. The second kappa shape index (κ2) is 7.63. The molecule has 2 aliphatic heterocycles. The van der Waals surface area contributed by atoms with Crippen LogP contribution < -0.4 is 0 Å². The number of thiophene rings is 1. The van der Waals surface area contributed by atoms with Gasteiger partial charge in [0.25, 0.3) is 5.91 Å². The van der Waals surface area contributed by atoms with E-state index in [1.54, 1.807) is 54.2 Å². The fraction of sp³-hybridized carbons (Fsp3) is 0.304. The van der Waals surface area contributed by atoms with Gasteiger partial charge in [-0.2, -0.15) is 5.26 Å². The van der Waals surface area contributed by atoms with Crippen molar-refractivity contribution in [3.8, 4) is 16.6 Å². The van der Waals surface area contributed by atoms with Crippen molar-refractivity contribution < 1.29 is 9.53 Å². The van der Waals surface area contributed by atoms with Crippen molar-refractivity contribution in [1.82, 2.24) is 14.9 Å². The van der Waals surface area contributed by atoms with Gasteiger partial charge in [0.15, 0.2) is 0 Å². The van der Waals surface area contributed by atoms with E-state index in [0.29, 0.717) is 30.8 Å². The van der Waals surface area contributed by atoms with Crippen LogP contribution in [0.4, 0.5) is 0 Å². The number of carbonyl (C=O) groups is 1. The summed E-state index contributed by atoms with van der Waals surface area (Å²) in [4.78, 5) is 25.9. The molecule has 1 spiro atoms. The standard InChI is InChI=1S/C23H20N4O2S/c24-14-16-3-1-2-4-17(16)22(28)27-10-6-23(7-11-27)18-13-21(19-15-25-8-9-26-19)30-20(18)5-12-29-23/h1-4,8-9,13,15H,5-7,10-12H2. The van der Waals surface area contributed by atoms with E-state index in [1.165, 1.54) is 10.4 Å². The topological polar surface area (TPSA) is 79.1 Å². The van der Waals surface area contributed by atoms with Gasteiger partial charge in [0.1, 0.15) is 0 Å². The van der Waals surface area contributed by atoms with Crippen molar-refractivity contribution in [3.05, 3.63) is 70.5 Å². The first-order chi connectivity index (χ1) is 14.7. The number of amides is 1. The molecule has 1 aromatic carbocycles. The highest BCUT2D eigenvalue weighted by atomic mass is 32.1. The molecule has 5 rings (SSSR count). The lowest BCUT2D eigenvalue weighted by Gasteiger charge is -2.44. The Hall–Kier alpha value is -3.08. The molecule has 6 nitrogen and oxygen atoms in total. The van der Waals surface area contributed by atoms with E-state index in [0.717, 1.165) is 29.8 Å². The normalized spacial score (nSPS) is 17.4. The monoisotopic (exact) mass is 416 g/mol. The Kier molecular flexibility index (Phi) is 4.81. The van der Waals surface area contributed by atoms with Crippen LogP contribution >= 0.6 is 11.3 Å². The smallest absolute Gasteiger partial charge is 0.255 e. The number of nitriles is 1. The molecule has 2 aliphatic rings. The molecule has 3 aromatic rings. The van der Waals surface area contributed by atoms with Crippen LogP contribution in [0.2, 0.25) is 0 Å².